The molecule has 1 aromatic heterocycles. The Bertz CT molecular complexity index is 1040. The molecular weight excluding hydrogens is 390 g/mol. The maximum atomic E-state index is 12.7. The van der Waals surface area contributed by atoms with Gasteiger partial charge in [0.25, 0.3) is 0 Å². The van der Waals surface area contributed by atoms with Crippen LogP contribution in [0.15, 0.2) is 53.7 Å². The second-order valence-corrected chi connectivity index (χ2v) is 8.52. The van der Waals surface area contributed by atoms with Crippen molar-refractivity contribution in [3.8, 4) is 0 Å². The van der Waals surface area contributed by atoms with Gasteiger partial charge in [-0.15, -0.1) is 0 Å². The summed E-state index contributed by atoms with van der Waals surface area (Å²) in [5.41, 5.74) is 2.12. The number of allylic oxidation sites excluding steroid dienone is 2. The van der Waals surface area contributed by atoms with E-state index in [1.807, 2.05) is 30.5 Å². The van der Waals surface area contributed by atoms with E-state index < -0.39 is 0 Å². The van der Waals surface area contributed by atoms with E-state index in [1.54, 1.807) is 7.05 Å². The molecule has 1 aromatic carbocycles. The average molecular weight is 418 g/mol. The lowest BCUT2D eigenvalue weighted by Crippen LogP contribution is -2.39. The number of pyridine rings is 1. The molecule has 4 unspecified atom stereocenters. The number of guanidine groups is 1. The number of likely N-dealkylation sites (tertiary alicyclic amines) is 1. The number of carbonyl (C=O) groups is 2. The highest BCUT2D eigenvalue weighted by Gasteiger charge is 2.58. The third kappa shape index (κ3) is 3.48. The molecule has 1 aliphatic heterocycles. The van der Waals surface area contributed by atoms with Crippen LogP contribution in [0.1, 0.15) is 18.4 Å². The minimum absolute atomic E-state index is 0.0268. The van der Waals surface area contributed by atoms with Gasteiger partial charge in [-0.3, -0.25) is 24.5 Å². The van der Waals surface area contributed by atoms with Crippen molar-refractivity contribution in [1.29, 1.82) is 0 Å². The van der Waals surface area contributed by atoms with Crippen LogP contribution < -0.4 is 10.6 Å². The van der Waals surface area contributed by atoms with Gasteiger partial charge in [-0.05, 0) is 42.4 Å². The molecule has 0 spiro atoms. The van der Waals surface area contributed by atoms with Crippen LogP contribution in [0.4, 0.5) is 0 Å². The van der Waals surface area contributed by atoms with Gasteiger partial charge in [0.15, 0.2) is 5.96 Å². The van der Waals surface area contributed by atoms with Crippen molar-refractivity contribution in [3.05, 3.63) is 54.2 Å². The Morgan fingerprint density at radius 2 is 1.84 bits per heavy atom. The first-order valence-electron chi connectivity index (χ1n) is 11.0. The molecule has 3 aliphatic rings. The molecule has 7 nitrogen and oxygen atoms in total. The Hall–Kier alpha value is -3.22. The van der Waals surface area contributed by atoms with Crippen molar-refractivity contribution in [1.82, 2.24) is 20.5 Å². The van der Waals surface area contributed by atoms with Gasteiger partial charge in [-0.25, -0.2) is 0 Å². The lowest BCUT2D eigenvalue weighted by molar-refractivity contribution is -0.140. The fraction of sp³-hybridized carbons (Fsp3) is 0.417. The fourth-order valence-electron chi connectivity index (χ4n) is 5.34. The quantitative estimate of drug-likeness (QED) is 0.247. The van der Waals surface area contributed by atoms with Crippen LogP contribution in [0.5, 0.6) is 0 Å². The molecule has 2 amide bonds. The Morgan fingerprint density at radius 1 is 1.10 bits per heavy atom. The number of hydrogen-bond acceptors (Lipinski definition) is 4. The van der Waals surface area contributed by atoms with Gasteiger partial charge in [0.2, 0.25) is 11.8 Å². The van der Waals surface area contributed by atoms with E-state index in [1.165, 1.54) is 4.90 Å². The van der Waals surface area contributed by atoms with Crippen molar-refractivity contribution in [3.63, 3.8) is 0 Å². The number of nitrogens with zero attached hydrogens (tertiary/aromatic N) is 3. The number of aromatic nitrogens is 1. The van der Waals surface area contributed by atoms with Gasteiger partial charge >= 0.3 is 0 Å². The van der Waals surface area contributed by atoms with Crippen LogP contribution in [0.25, 0.3) is 10.9 Å². The van der Waals surface area contributed by atoms with E-state index in [9.17, 15) is 9.59 Å². The Morgan fingerprint density at radius 3 is 2.58 bits per heavy atom. The molecule has 1 saturated heterocycles. The van der Waals surface area contributed by atoms with Gasteiger partial charge in [0.1, 0.15) is 0 Å². The summed E-state index contributed by atoms with van der Waals surface area (Å²) in [4.78, 5) is 35.7. The molecule has 2 heterocycles. The van der Waals surface area contributed by atoms with Crippen molar-refractivity contribution >= 4 is 28.7 Å². The molecule has 2 N–H and O–H groups in total. The van der Waals surface area contributed by atoms with Gasteiger partial charge in [-0.2, -0.15) is 0 Å². The number of amides is 2. The molecule has 7 heteroatoms. The molecule has 160 valence electrons. The second-order valence-electron chi connectivity index (χ2n) is 8.52. The third-order valence-corrected chi connectivity index (χ3v) is 6.82. The van der Waals surface area contributed by atoms with Crippen molar-refractivity contribution in [2.45, 2.75) is 19.4 Å². The highest BCUT2D eigenvalue weighted by atomic mass is 16.2. The Balaban J connectivity index is 1.11. The molecule has 5 rings (SSSR count). The molecule has 31 heavy (non-hydrogen) atoms. The van der Waals surface area contributed by atoms with Gasteiger partial charge < -0.3 is 10.6 Å². The van der Waals surface area contributed by atoms with Crippen molar-refractivity contribution in [2.75, 3.05) is 20.1 Å². The minimum atomic E-state index is -0.111. The zero-order valence-electron chi connectivity index (χ0n) is 17.6. The topological polar surface area (TPSA) is 86.7 Å². The normalized spacial score (nSPS) is 26.7. The molecule has 2 aromatic rings. The van der Waals surface area contributed by atoms with Crippen LogP contribution in [0.3, 0.4) is 0 Å². The summed E-state index contributed by atoms with van der Waals surface area (Å²) in [5, 5.41) is 7.73. The van der Waals surface area contributed by atoms with E-state index in [0.29, 0.717) is 32.0 Å². The number of nitrogens with one attached hydrogen (secondary N) is 2. The van der Waals surface area contributed by atoms with Crippen LogP contribution in [0.2, 0.25) is 0 Å². The second kappa shape index (κ2) is 8.13. The summed E-state index contributed by atoms with van der Waals surface area (Å²) in [6.07, 6.45) is 7.74. The maximum Gasteiger partial charge on any atom is 0.233 e. The molecule has 2 bridgehead atoms. The first-order chi connectivity index (χ1) is 15.2. The number of imide groups is 1. The summed E-state index contributed by atoms with van der Waals surface area (Å²) in [6.45, 7) is 1.72. The predicted octanol–water partition coefficient (Wildman–Crippen LogP) is 2.10. The van der Waals surface area contributed by atoms with Crippen LogP contribution in [-0.4, -0.2) is 47.8 Å². The Labute approximate surface area is 181 Å². The van der Waals surface area contributed by atoms with E-state index in [2.05, 4.69) is 38.8 Å². The SMILES string of the molecule is CN=C(NCCCN1C(=O)C2C3C=CC(C3)C2C1=O)NCc1ccnc2ccccc12. The monoisotopic (exact) mass is 417 g/mol. The highest BCUT2D eigenvalue weighted by Crippen LogP contribution is 2.52. The highest BCUT2D eigenvalue weighted by molar-refractivity contribution is 6.06. The van der Waals surface area contributed by atoms with E-state index in [-0.39, 0.29) is 35.5 Å². The summed E-state index contributed by atoms with van der Waals surface area (Å²) in [7, 11) is 1.73. The summed E-state index contributed by atoms with van der Waals surface area (Å²) in [5.74, 6) is 1.06. The lowest BCUT2D eigenvalue weighted by Gasteiger charge is -2.18. The van der Waals surface area contributed by atoms with E-state index in [4.69, 9.17) is 0 Å². The first kappa shape index (κ1) is 19.7. The summed E-state index contributed by atoms with van der Waals surface area (Å²) >= 11 is 0. The number of hydrogen-bond donors (Lipinski definition) is 2. The van der Waals surface area contributed by atoms with Crippen molar-refractivity contribution in [2.24, 2.45) is 28.7 Å². The fourth-order valence-corrected chi connectivity index (χ4v) is 5.34. The molecule has 0 radical (unpaired) electrons. The number of para-hydroxylation sites is 1. The number of rotatable bonds is 6. The van der Waals surface area contributed by atoms with Gasteiger partial charge in [0, 0.05) is 38.3 Å². The summed E-state index contributed by atoms with van der Waals surface area (Å²) < 4.78 is 0. The molecule has 2 fully saturated rings. The molecule has 2 aliphatic carbocycles. The number of carbonyl (C=O) groups excluding carboxylic acids is 2. The van der Waals surface area contributed by atoms with E-state index in [0.717, 1.165) is 22.9 Å². The Kier molecular flexibility index (Phi) is 5.18. The zero-order valence-corrected chi connectivity index (χ0v) is 17.6. The maximum absolute atomic E-state index is 12.7. The summed E-state index contributed by atoms with van der Waals surface area (Å²) in [6, 6.07) is 10.1. The molecular formula is C24H27N5O2. The lowest BCUT2D eigenvalue weighted by atomic mass is 9.85. The largest absolute Gasteiger partial charge is 0.356 e. The molecule has 4 atom stereocenters. The average Bonchev–Trinajstić information content (AvgIpc) is 3.48. The smallest absolute Gasteiger partial charge is 0.233 e. The van der Waals surface area contributed by atoms with Crippen LogP contribution in [-0.2, 0) is 16.1 Å². The predicted molar refractivity (Wildman–Crippen MR) is 119 cm³/mol. The number of fused-ring (bicyclic) bond motifs is 6. The number of aliphatic imine (C=N–C) groups is 1. The van der Waals surface area contributed by atoms with E-state index >= 15 is 0 Å². The van der Waals surface area contributed by atoms with Crippen molar-refractivity contribution < 1.29 is 9.59 Å². The number of benzene rings is 1. The third-order valence-electron chi connectivity index (χ3n) is 6.82. The van der Waals surface area contributed by atoms with Crippen LogP contribution in [0, 0.1) is 23.7 Å². The van der Waals surface area contributed by atoms with Gasteiger partial charge in [-0.1, -0.05) is 30.4 Å². The zero-order chi connectivity index (χ0) is 21.4. The van der Waals surface area contributed by atoms with Gasteiger partial charge in [0.05, 0.1) is 17.4 Å². The standard InChI is InChI=1S/C24H27N5O2/c1-25-24(28-14-17-9-11-26-19-6-3-2-5-18(17)19)27-10-4-12-29-22(30)20-15-7-8-16(13-15)21(20)23(29)31/h2-3,5-9,11,15-16,20-21H,4,10,12-14H2,1H3,(H2,25,27,28). The first-order valence-corrected chi connectivity index (χ1v) is 11.0. The minimum Gasteiger partial charge on any atom is -0.356 e. The molecule has 1 saturated carbocycles. The van der Waals surface area contributed by atoms with Crippen LogP contribution >= 0.6 is 0 Å².